The van der Waals surface area contributed by atoms with Crippen molar-refractivity contribution in [1.82, 2.24) is 14.3 Å². The summed E-state index contributed by atoms with van der Waals surface area (Å²) in [4.78, 5) is 24.7. The van der Waals surface area contributed by atoms with Gasteiger partial charge in [-0.2, -0.15) is 0 Å². The smallest absolute Gasteiger partial charge is 0.352 e. The van der Waals surface area contributed by atoms with Crippen molar-refractivity contribution in [2.24, 2.45) is 0 Å². The zero-order chi connectivity index (χ0) is 15.8. The first kappa shape index (κ1) is 15.1. The topological polar surface area (TPSA) is 80.0 Å². The second kappa shape index (κ2) is 5.21. The van der Waals surface area contributed by atoms with Gasteiger partial charge >= 0.3 is 11.4 Å². The Morgan fingerprint density at radius 2 is 1.90 bits per heavy atom. The van der Waals surface area contributed by atoms with Crippen molar-refractivity contribution in [2.45, 2.75) is 32.4 Å². The fraction of sp³-hybridized carbons (Fsp3) is 0.333. The zero-order valence-electron chi connectivity index (χ0n) is 12.3. The molecule has 0 saturated carbocycles. The maximum atomic E-state index is 12.6. The molecule has 2 atom stereocenters. The molecule has 6 heteroatoms. The SMILES string of the molecule is C=C(C)[C@](C)([C@H](C)O)n1[nH]c(=O)n(-c2ccccc2)c1=O. The van der Waals surface area contributed by atoms with E-state index in [-0.39, 0.29) is 0 Å². The highest BCUT2D eigenvalue weighted by Crippen LogP contribution is 2.25. The van der Waals surface area contributed by atoms with Crippen molar-refractivity contribution in [2.75, 3.05) is 0 Å². The van der Waals surface area contributed by atoms with Gasteiger partial charge in [0.1, 0.15) is 5.54 Å². The van der Waals surface area contributed by atoms with Gasteiger partial charge in [0.2, 0.25) is 0 Å². The molecule has 0 radical (unpaired) electrons. The lowest BCUT2D eigenvalue weighted by Gasteiger charge is -2.33. The second-order valence-corrected chi connectivity index (χ2v) is 5.31. The van der Waals surface area contributed by atoms with Crippen molar-refractivity contribution in [3.05, 3.63) is 63.5 Å². The van der Waals surface area contributed by atoms with Crippen LogP contribution >= 0.6 is 0 Å². The summed E-state index contributed by atoms with van der Waals surface area (Å²) in [6, 6.07) is 8.62. The fourth-order valence-electron chi connectivity index (χ4n) is 2.23. The van der Waals surface area contributed by atoms with Crippen LogP contribution in [0.25, 0.3) is 5.69 Å². The molecule has 0 bridgehead atoms. The Hall–Kier alpha value is -2.34. The van der Waals surface area contributed by atoms with Gasteiger partial charge in [0.25, 0.3) is 0 Å². The standard InChI is InChI=1S/C15H19N3O3/c1-10(2)15(4,11(3)19)18-14(21)17(13(20)16-18)12-8-6-5-7-9-12/h5-9,11,19H,1H2,2-4H3,(H,16,20)/t11-,15+/m0/s1. The highest BCUT2D eigenvalue weighted by Gasteiger charge is 2.36. The van der Waals surface area contributed by atoms with Crippen LogP contribution in [0.5, 0.6) is 0 Å². The van der Waals surface area contributed by atoms with Crippen LogP contribution in [0.1, 0.15) is 20.8 Å². The summed E-state index contributed by atoms with van der Waals surface area (Å²) >= 11 is 0. The molecule has 2 aromatic rings. The van der Waals surface area contributed by atoms with E-state index in [0.29, 0.717) is 11.3 Å². The highest BCUT2D eigenvalue weighted by atomic mass is 16.3. The Bertz CT molecular complexity index is 767. The number of para-hydroxylation sites is 1. The number of nitrogens with zero attached hydrogens (tertiary/aromatic N) is 2. The van der Waals surface area contributed by atoms with Crippen LogP contribution in [-0.2, 0) is 5.54 Å². The minimum Gasteiger partial charge on any atom is -0.391 e. The molecule has 21 heavy (non-hydrogen) atoms. The molecule has 0 saturated heterocycles. The van der Waals surface area contributed by atoms with Gasteiger partial charge in [-0.1, -0.05) is 30.4 Å². The van der Waals surface area contributed by atoms with Crippen molar-refractivity contribution >= 4 is 0 Å². The number of aromatic nitrogens is 3. The molecule has 0 aliphatic rings. The molecule has 0 unspecified atom stereocenters. The Kier molecular flexibility index (Phi) is 3.74. The van der Waals surface area contributed by atoms with E-state index in [1.807, 2.05) is 0 Å². The number of hydrogen-bond donors (Lipinski definition) is 2. The molecule has 1 heterocycles. The zero-order valence-corrected chi connectivity index (χ0v) is 12.3. The molecular weight excluding hydrogens is 270 g/mol. The van der Waals surface area contributed by atoms with Gasteiger partial charge < -0.3 is 5.11 Å². The van der Waals surface area contributed by atoms with Gasteiger partial charge in [-0.05, 0) is 32.9 Å². The van der Waals surface area contributed by atoms with Gasteiger partial charge in [0.05, 0.1) is 11.8 Å². The number of H-pyrrole nitrogens is 1. The molecule has 2 rings (SSSR count). The summed E-state index contributed by atoms with van der Waals surface area (Å²) < 4.78 is 2.17. The lowest BCUT2D eigenvalue weighted by atomic mass is 9.89. The molecule has 1 aromatic heterocycles. The van der Waals surface area contributed by atoms with Gasteiger partial charge in [-0.15, -0.1) is 0 Å². The number of aliphatic hydroxyl groups excluding tert-OH is 1. The Balaban J connectivity index is 2.74. The number of rotatable bonds is 4. The molecule has 0 spiro atoms. The Morgan fingerprint density at radius 3 is 2.38 bits per heavy atom. The number of benzene rings is 1. The lowest BCUT2D eigenvalue weighted by molar-refractivity contribution is 0.0740. The first-order valence-corrected chi connectivity index (χ1v) is 6.64. The van der Waals surface area contributed by atoms with E-state index >= 15 is 0 Å². The third kappa shape index (κ3) is 2.27. The first-order chi connectivity index (χ1) is 9.80. The van der Waals surface area contributed by atoms with E-state index in [9.17, 15) is 14.7 Å². The number of hydrogen-bond acceptors (Lipinski definition) is 3. The second-order valence-electron chi connectivity index (χ2n) is 5.31. The van der Waals surface area contributed by atoms with Crippen molar-refractivity contribution in [3.8, 4) is 5.69 Å². The van der Waals surface area contributed by atoms with Crippen LogP contribution in [-0.4, -0.2) is 25.6 Å². The van der Waals surface area contributed by atoms with Gasteiger partial charge in [0, 0.05) is 0 Å². The van der Waals surface area contributed by atoms with Crippen LogP contribution in [0.4, 0.5) is 0 Å². The quantitative estimate of drug-likeness (QED) is 0.824. The average molecular weight is 289 g/mol. The predicted octanol–water partition coefficient (Wildman–Crippen LogP) is 0.999. The predicted molar refractivity (Wildman–Crippen MR) is 80.8 cm³/mol. The number of nitrogens with one attached hydrogen (secondary N) is 1. The molecule has 1 aromatic carbocycles. The molecule has 0 aliphatic carbocycles. The highest BCUT2D eigenvalue weighted by molar-refractivity contribution is 5.30. The van der Waals surface area contributed by atoms with Gasteiger partial charge in [0.15, 0.2) is 0 Å². The van der Waals surface area contributed by atoms with E-state index in [0.717, 1.165) is 9.25 Å². The van der Waals surface area contributed by atoms with Crippen LogP contribution in [0.15, 0.2) is 52.1 Å². The number of aliphatic hydroxyl groups is 1. The maximum absolute atomic E-state index is 12.6. The van der Waals surface area contributed by atoms with Crippen LogP contribution in [0.2, 0.25) is 0 Å². The van der Waals surface area contributed by atoms with Gasteiger partial charge in [-0.25, -0.2) is 23.9 Å². The third-order valence-corrected chi connectivity index (χ3v) is 3.95. The van der Waals surface area contributed by atoms with Crippen molar-refractivity contribution in [3.63, 3.8) is 0 Å². The molecule has 112 valence electrons. The van der Waals surface area contributed by atoms with E-state index in [4.69, 9.17) is 0 Å². The largest absolute Gasteiger partial charge is 0.391 e. The first-order valence-electron chi connectivity index (χ1n) is 6.64. The normalized spacial score (nSPS) is 15.4. The van der Waals surface area contributed by atoms with Crippen LogP contribution < -0.4 is 11.4 Å². The van der Waals surface area contributed by atoms with Crippen molar-refractivity contribution < 1.29 is 5.11 Å². The monoisotopic (exact) mass is 289 g/mol. The minimum atomic E-state index is -1.09. The molecule has 0 fully saturated rings. The molecule has 0 aliphatic heterocycles. The summed E-state index contributed by atoms with van der Waals surface area (Å²) in [5.41, 5.74) is -1.15. The molecular formula is C15H19N3O3. The van der Waals surface area contributed by atoms with Crippen molar-refractivity contribution in [1.29, 1.82) is 0 Å². The molecule has 6 nitrogen and oxygen atoms in total. The summed E-state index contributed by atoms with van der Waals surface area (Å²) in [7, 11) is 0. The molecule has 2 N–H and O–H groups in total. The fourth-order valence-corrected chi connectivity index (χ4v) is 2.23. The lowest BCUT2D eigenvalue weighted by Crippen LogP contribution is -2.48. The third-order valence-electron chi connectivity index (χ3n) is 3.95. The van der Waals surface area contributed by atoms with E-state index in [1.54, 1.807) is 51.1 Å². The van der Waals surface area contributed by atoms with Gasteiger partial charge in [-0.3, -0.25) is 0 Å². The minimum absolute atomic E-state index is 0.470. The van der Waals surface area contributed by atoms with Crippen LogP contribution in [0.3, 0.4) is 0 Å². The van der Waals surface area contributed by atoms with E-state index in [2.05, 4.69) is 11.7 Å². The summed E-state index contributed by atoms with van der Waals surface area (Å²) in [5.74, 6) is 0. The summed E-state index contributed by atoms with van der Waals surface area (Å²) in [5, 5.41) is 12.5. The summed E-state index contributed by atoms with van der Waals surface area (Å²) in [6.07, 6.45) is -0.894. The Morgan fingerprint density at radius 1 is 1.33 bits per heavy atom. The van der Waals surface area contributed by atoms with Crippen LogP contribution in [0, 0.1) is 0 Å². The van der Waals surface area contributed by atoms with E-state index in [1.165, 1.54) is 0 Å². The van der Waals surface area contributed by atoms with E-state index < -0.39 is 23.0 Å². The summed E-state index contributed by atoms with van der Waals surface area (Å²) in [6.45, 7) is 8.75. The maximum Gasteiger partial charge on any atom is 0.352 e. The number of aromatic amines is 1. The average Bonchev–Trinajstić information content (AvgIpc) is 2.73. The molecule has 0 amide bonds. The Labute approximate surface area is 122 Å².